The van der Waals surface area contributed by atoms with Crippen LogP contribution in [0.5, 0.6) is 0 Å². The van der Waals surface area contributed by atoms with E-state index in [0.717, 1.165) is 38.7 Å². The van der Waals surface area contributed by atoms with E-state index >= 15 is 0 Å². The third-order valence-corrected chi connectivity index (χ3v) is 3.46. The van der Waals surface area contributed by atoms with Gasteiger partial charge in [-0.15, -0.1) is 0 Å². The van der Waals surface area contributed by atoms with E-state index in [4.69, 9.17) is 10.5 Å². The average molecular weight is 238 g/mol. The molecule has 2 rings (SSSR count). The number of hydrogen-bond donors (Lipinski definition) is 1. The van der Waals surface area contributed by atoms with Crippen LogP contribution in [0.3, 0.4) is 0 Å². The van der Waals surface area contributed by atoms with Gasteiger partial charge in [0.15, 0.2) is 0 Å². The minimum absolute atomic E-state index is 0.689. The zero-order valence-corrected chi connectivity index (χ0v) is 10.5. The van der Waals surface area contributed by atoms with Gasteiger partial charge in [-0.05, 0) is 25.3 Å². The molecule has 0 amide bonds. The Balaban J connectivity index is 1.95. The van der Waals surface area contributed by atoms with E-state index in [1.54, 1.807) is 7.11 Å². The van der Waals surface area contributed by atoms with Gasteiger partial charge in [-0.2, -0.15) is 0 Å². The summed E-state index contributed by atoms with van der Waals surface area (Å²) in [6, 6.07) is 0. The number of ether oxygens (including phenoxy) is 1. The lowest BCUT2D eigenvalue weighted by Gasteiger charge is -2.32. The summed E-state index contributed by atoms with van der Waals surface area (Å²) in [4.78, 5) is 6.79. The van der Waals surface area contributed by atoms with Gasteiger partial charge in [-0.1, -0.05) is 0 Å². The lowest BCUT2D eigenvalue weighted by molar-refractivity contribution is 0.187. The van der Waals surface area contributed by atoms with Gasteiger partial charge >= 0.3 is 0 Å². The molecule has 1 saturated heterocycles. The van der Waals surface area contributed by atoms with E-state index in [1.165, 1.54) is 12.8 Å². The molecule has 1 aromatic heterocycles. The Morgan fingerprint density at radius 3 is 2.88 bits per heavy atom. The van der Waals surface area contributed by atoms with Gasteiger partial charge in [0, 0.05) is 39.1 Å². The fourth-order valence-electron chi connectivity index (χ4n) is 2.32. The molecule has 1 aliphatic heterocycles. The van der Waals surface area contributed by atoms with E-state index in [9.17, 15) is 0 Å². The van der Waals surface area contributed by atoms with Gasteiger partial charge in [-0.25, -0.2) is 4.98 Å². The van der Waals surface area contributed by atoms with Gasteiger partial charge in [0.1, 0.15) is 0 Å². The first kappa shape index (κ1) is 12.4. The summed E-state index contributed by atoms with van der Waals surface area (Å²) in [5.41, 5.74) is 5.71. The molecule has 1 aromatic rings. The number of aromatic nitrogens is 2. The number of hydrogen-bond acceptors (Lipinski definition) is 4. The molecular weight excluding hydrogens is 216 g/mol. The summed E-state index contributed by atoms with van der Waals surface area (Å²) in [5.74, 6) is 1.76. The molecule has 5 heteroatoms. The highest BCUT2D eigenvalue weighted by atomic mass is 16.5. The molecule has 96 valence electrons. The number of anilines is 1. The summed E-state index contributed by atoms with van der Waals surface area (Å²) in [5, 5.41) is 0. The molecule has 0 aliphatic carbocycles. The van der Waals surface area contributed by atoms with Crippen molar-refractivity contribution in [3.63, 3.8) is 0 Å². The van der Waals surface area contributed by atoms with Crippen molar-refractivity contribution in [3.8, 4) is 0 Å². The Morgan fingerprint density at radius 2 is 2.24 bits per heavy atom. The molecule has 0 unspecified atom stereocenters. The fourth-order valence-corrected chi connectivity index (χ4v) is 2.32. The van der Waals surface area contributed by atoms with Crippen molar-refractivity contribution in [1.29, 1.82) is 0 Å². The predicted molar refractivity (Wildman–Crippen MR) is 68.1 cm³/mol. The Hall–Kier alpha value is -1.07. The largest absolute Gasteiger partial charge is 0.383 e. The molecule has 1 aliphatic rings. The number of nitrogens with two attached hydrogens (primary N) is 1. The first-order chi connectivity index (χ1) is 8.35. The van der Waals surface area contributed by atoms with Crippen molar-refractivity contribution >= 4 is 5.95 Å². The van der Waals surface area contributed by atoms with Crippen LogP contribution in [0, 0.1) is 5.92 Å². The molecule has 0 atom stereocenters. The molecular formula is C12H22N4O. The molecule has 0 saturated carbocycles. The van der Waals surface area contributed by atoms with Crippen LogP contribution in [0.1, 0.15) is 12.8 Å². The van der Waals surface area contributed by atoms with Gasteiger partial charge < -0.3 is 19.9 Å². The Kier molecular flexibility index (Phi) is 4.39. The molecule has 1 fully saturated rings. The summed E-state index contributed by atoms with van der Waals surface area (Å²) >= 11 is 0. The average Bonchev–Trinajstić information content (AvgIpc) is 2.84. The second-order valence-corrected chi connectivity index (χ2v) is 4.58. The molecule has 0 radical (unpaired) electrons. The Morgan fingerprint density at radius 1 is 1.47 bits per heavy atom. The topological polar surface area (TPSA) is 56.3 Å². The number of piperidine rings is 1. The van der Waals surface area contributed by atoms with Crippen LogP contribution in [0.2, 0.25) is 0 Å². The van der Waals surface area contributed by atoms with E-state index < -0.39 is 0 Å². The number of imidazole rings is 1. The van der Waals surface area contributed by atoms with Crippen LogP contribution >= 0.6 is 0 Å². The molecule has 2 heterocycles. The fraction of sp³-hybridized carbons (Fsp3) is 0.750. The summed E-state index contributed by atoms with van der Waals surface area (Å²) in [7, 11) is 1.73. The highest BCUT2D eigenvalue weighted by Gasteiger charge is 2.20. The predicted octanol–water partition coefficient (Wildman–Crippen LogP) is 0.705. The Bertz CT molecular complexity index is 331. The van der Waals surface area contributed by atoms with Crippen LogP contribution in [0.15, 0.2) is 12.4 Å². The minimum atomic E-state index is 0.689. The van der Waals surface area contributed by atoms with E-state index in [0.29, 0.717) is 5.92 Å². The minimum Gasteiger partial charge on any atom is -0.383 e. The van der Waals surface area contributed by atoms with Crippen LogP contribution in [-0.4, -0.2) is 42.9 Å². The van der Waals surface area contributed by atoms with Crippen LogP contribution in [0.4, 0.5) is 5.95 Å². The number of rotatable bonds is 5. The highest BCUT2D eigenvalue weighted by Crippen LogP contribution is 2.21. The van der Waals surface area contributed by atoms with Gasteiger partial charge in [-0.3, -0.25) is 0 Å². The van der Waals surface area contributed by atoms with Crippen molar-refractivity contribution in [2.45, 2.75) is 19.4 Å². The highest BCUT2D eigenvalue weighted by molar-refractivity contribution is 5.31. The SMILES string of the molecule is COCCn1ccnc1N1CCC(CN)CC1. The van der Waals surface area contributed by atoms with Crippen LogP contribution < -0.4 is 10.6 Å². The zero-order valence-electron chi connectivity index (χ0n) is 10.5. The molecule has 0 spiro atoms. The number of nitrogens with zero attached hydrogens (tertiary/aromatic N) is 3. The molecule has 5 nitrogen and oxygen atoms in total. The van der Waals surface area contributed by atoms with Crippen molar-refractivity contribution < 1.29 is 4.74 Å². The standard InChI is InChI=1S/C12H22N4O/c1-17-9-8-16-7-4-14-12(16)15-5-2-11(10-13)3-6-15/h4,7,11H,2-3,5-6,8-10,13H2,1H3. The van der Waals surface area contributed by atoms with E-state index in [-0.39, 0.29) is 0 Å². The molecule has 2 N–H and O–H groups in total. The van der Waals surface area contributed by atoms with Gasteiger partial charge in [0.05, 0.1) is 6.61 Å². The lowest BCUT2D eigenvalue weighted by Crippen LogP contribution is -2.37. The maximum atomic E-state index is 5.71. The van der Waals surface area contributed by atoms with Crippen LogP contribution in [-0.2, 0) is 11.3 Å². The van der Waals surface area contributed by atoms with Crippen molar-refractivity contribution in [2.75, 3.05) is 38.3 Å². The van der Waals surface area contributed by atoms with Crippen molar-refractivity contribution in [2.24, 2.45) is 11.7 Å². The summed E-state index contributed by atoms with van der Waals surface area (Å²) in [6.45, 7) is 4.52. The van der Waals surface area contributed by atoms with Gasteiger partial charge in [0.25, 0.3) is 0 Å². The monoisotopic (exact) mass is 238 g/mol. The zero-order chi connectivity index (χ0) is 12.1. The summed E-state index contributed by atoms with van der Waals surface area (Å²) in [6.07, 6.45) is 6.23. The number of methoxy groups -OCH3 is 1. The smallest absolute Gasteiger partial charge is 0.205 e. The first-order valence-electron chi connectivity index (χ1n) is 6.30. The normalized spacial score (nSPS) is 17.6. The van der Waals surface area contributed by atoms with Gasteiger partial charge in [0.2, 0.25) is 5.95 Å². The van der Waals surface area contributed by atoms with E-state index in [2.05, 4.69) is 14.5 Å². The maximum Gasteiger partial charge on any atom is 0.205 e. The third-order valence-electron chi connectivity index (χ3n) is 3.46. The second kappa shape index (κ2) is 6.02. The summed E-state index contributed by atoms with van der Waals surface area (Å²) < 4.78 is 7.27. The first-order valence-corrected chi connectivity index (χ1v) is 6.30. The molecule has 17 heavy (non-hydrogen) atoms. The lowest BCUT2D eigenvalue weighted by atomic mass is 9.97. The van der Waals surface area contributed by atoms with Crippen LogP contribution in [0.25, 0.3) is 0 Å². The molecule has 0 bridgehead atoms. The van der Waals surface area contributed by atoms with Crippen molar-refractivity contribution in [1.82, 2.24) is 9.55 Å². The Labute approximate surface area is 103 Å². The second-order valence-electron chi connectivity index (χ2n) is 4.58. The quantitative estimate of drug-likeness (QED) is 0.820. The van der Waals surface area contributed by atoms with Crippen molar-refractivity contribution in [3.05, 3.63) is 12.4 Å². The maximum absolute atomic E-state index is 5.71. The third kappa shape index (κ3) is 2.98. The molecule has 0 aromatic carbocycles. The van der Waals surface area contributed by atoms with E-state index in [1.807, 2.05) is 12.4 Å².